The van der Waals surface area contributed by atoms with E-state index in [1.807, 2.05) is 27.6 Å². The Labute approximate surface area is 186 Å². The van der Waals surface area contributed by atoms with Gasteiger partial charge in [-0.05, 0) is 12.1 Å². The van der Waals surface area contributed by atoms with Gasteiger partial charge < -0.3 is 24.0 Å². The van der Waals surface area contributed by atoms with Crippen molar-refractivity contribution in [2.75, 3.05) is 57.4 Å². The van der Waals surface area contributed by atoms with Crippen molar-refractivity contribution in [1.82, 2.24) is 24.2 Å². The van der Waals surface area contributed by atoms with Crippen LogP contribution in [0.4, 0.5) is 5.82 Å². The molecule has 2 fully saturated rings. The number of hydrogen-bond donors (Lipinski definition) is 1. The second kappa shape index (κ2) is 8.76. The summed E-state index contributed by atoms with van der Waals surface area (Å²) in [5, 5.41) is 9.94. The van der Waals surface area contributed by atoms with E-state index in [1.165, 1.54) is 0 Å². The van der Waals surface area contributed by atoms with Crippen LogP contribution in [0, 0.1) is 0 Å². The van der Waals surface area contributed by atoms with Gasteiger partial charge in [0.1, 0.15) is 5.75 Å². The summed E-state index contributed by atoms with van der Waals surface area (Å²) in [5.74, 6) is 1.19. The summed E-state index contributed by atoms with van der Waals surface area (Å²) in [6.07, 6.45) is 4.03. The maximum Gasteiger partial charge on any atom is 0.219 e. The Hall–Kier alpha value is -3.17. The molecule has 9 nitrogen and oxygen atoms in total. The third-order valence-corrected chi connectivity index (χ3v) is 6.13. The Kier molecular flexibility index (Phi) is 5.67. The zero-order valence-corrected chi connectivity index (χ0v) is 18.3. The van der Waals surface area contributed by atoms with Crippen molar-refractivity contribution in [2.24, 2.45) is 0 Å². The lowest BCUT2D eigenvalue weighted by Crippen LogP contribution is -2.47. The highest BCUT2D eigenvalue weighted by molar-refractivity contribution is 5.73. The van der Waals surface area contributed by atoms with Gasteiger partial charge in [0.25, 0.3) is 0 Å². The molecule has 2 aromatic heterocycles. The summed E-state index contributed by atoms with van der Waals surface area (Å²) < 4.78 is 7.57. The van der Waals surface area contributed by atoms with Gasteiger partial charge in [0.15, 0.2) is 11.5 Å². The number of anilines is 1. The van der Waals surface area contributed by atoms with Crippen molar-refractivity contribution >= 4 is 17.4 Å². The van der Waals surface area contributed by atoms with Crippen molar-refractivity contribution in [1.29, 1.82) is 0 Å². The molecule has 0 bridgehead atoms. The second-order valence-corrected chi connectivity index (χ2v) is 8.34. The van der Waals surface area contributed by atoms with Crippen molar-refractivity contribution < 1.29 is 14.6 Å². The monoisotopic (exact) mass is 436 g/mol. The molecule has 5 rings (SSSR count). The standard InChI is InChI=1S/C23H28N6O3/c1-17(30)27-7-5-26(6-8-27)14-19-15-29-16-21(18-3-2-4-20(31)13-18)25-23(22(29)24-19)28-9-11-32-12-10-28/h2-4,13,15-16,31H,5-12,14H2,1H3. The SMILES string of the molecule is CC(=O)N1CCN(Cc2cn3cc(-c4cccc(O)c4)nc(N4CCOCC4)c3n2)CC1. The van der Waals surface area contributed by atoms with Crippen LogP contribution in [0.15, 0.2) is 36.7 Å². The Morgan fingerprint density at radius 3 is 2.56 bits per heavy atom. The van der Waals surface area contributed by atoms with Gasteiger partial charge in [-0.1, -0.05) is 12.1 Å². The van der Waals surface area contributed by atoms with Crippen molar-refractivity contribution in [3.63, 3.8) is 0 Å². The molecule has 0 saturated carbocycles. The van der Waals surface area contributed by atoms with E-state index < -0.39 is 0 Å². The zero-order valence-electron chi connectivity index (χ0n) is 18.3. The average Bonchev–Trinajstić information content (AvgIpc) is 3.21. The minimum Gasteiger partial charge on any atom is -0.508 e. The van der Waals surface area contributed by atoms with Crippen molar-refractivity contribution in [2.45, 2.75) is 13.5 Å². The van der Waals surface area contributed by atoms with Gasteiger partial charge in [-0.3, -0.25) is 9.69 Å². The predicted molar refractivity (Wildman–Crippen MR) is 121 cm³/mol. The molecule has 1 N–H and O–H groups in total. The number of benzene rings is 1. The van der Waals surface area contributed by atoms with Crippen molar-refractivity contribution in [3.8, 4) is 17.0 Å². The molecular formula is C23H28N6O3. The fourth-order valence-corrected chi connectivity index (χ4v) is 4.35. The van der Waals surface area contributed by atoms with Gasteiger partial charge in [0.2, 0.25) is 5.91 Å². The van der Waals surface area contributed by atoms with Gasteiger partial charge >= 0.3 is 0 Å². The number of fused-ring (bicyclic) bond motifs is 1. The van der Waals surface area contributed by atoms with Gasteiger partial charge in [0, 0.05) is 70.7 Å². The molecule has 2 aliphatic rings. The minimum atomic E-state index is 0.137. The van der Waals surface area contributed by atoms with E-state index in [9.17, 15) is 9.90 Å². The number of phenolic OH excluding ortho intramolecular Hbond substituents is 1. The Balaban J connectivity index is 1.47. The molecule has 2 aliphatic heterocycles. The first kappa shape index (κ1) is 20.7. The summed E-state index contributed by atoms with van der Waals surface area (Å²) in [6.45, 7) is 8.42. The number of carbonyl (C=O) groups excluding carboxylic acids is 1. The van der Waals surface area contributed by atoms with Crippen LogP contribution in [-0.2, 0) is 16.1 Å². The molecule has 32 heavy (non-hydrogen) atoms. The number of nitrogens with zero attached hydrogens (tertiary/aromatic N) is 6. The number of phenols is 1. The molecule has 168 valence electrons. The van der Waals surface area contributed by atoms with Crippen LogP contribution in [-0.4, -0.2) is 87.7 Å². The quantitative estimate of drug-likeness (QED) is 0.665. The summed E-state index contributed by atoms with van der Waals surface area (Å²) in [6, 6.07) is 7.16. The second-order valence-electron chi connectivity index (χ2n) is 8.34. The molecule has 1 aromatic carbocycles. The van der Waals surface area contributed by atoms with Gasteiger partial charge in [-0.15, -0.1) is 0 Å². The lowest BCUT2D eigenvalue weighted by Gasteiger charge is -2.33. The topological polar surface area (TPSA) is 86.4 Å². The van der Waals surface area contributed by atoms with Crippen LogP contribution in [0.2, 0.25) is 0 Å². The number of piperazine rings is 1. The van der Waals surface area contributed by atoms with E-state index >= 15 is 0 Å². The third kappa shape index (κ3) is 4.26. The van der Waals surface area contributed by atoms with Crippen LogP contribution in [0.1, 0.15) is 12.6 Å². The largest absolute Gasteiger partial charge is 0.508 e. The van der Waals surface area contributed by atoms with E-state index in [0.717, 1.165) is 74.2 Å². The van der Waals surface area contributed by atoms with E-state index in [4.69, 9.17) is 14.7 Å². The number of aromatic nitrogens is 3. The molecule has 4 heterocycles. The van der Waals surface area contributed by atoms with Gasteiger partial charge in [-0.2, -0.15) is 0 Å². The molecular weight excluding hydrogens is 408 g/mol. The number of rotatable bonds is 4. The number of hydrogen-bond acceptors (Lipinski definition) is 7. The van der Waals surface area contributed by atoms with Gasteiger partial charge in [0.05, 0.1) is 24.6 Å². The number of carbonyl (C=O) groups is 1. The van der Waals surface area contributed by atoms with Crippen LogP contribution in [0.3, 0.4) is 0 Å². The number of ether oxygens (including phenoxy) is 1. The highest BCUT2D eigenvalue weighted by atomic mass is 16.5. The van der Waals surface area contributed by atoms with Crippen LogP contribution < -0.4 is 4.90 Å². The van der Waals surface area contributed by atoms with E-state index in [0.29, 0.717) is 13.2 Å². The highest BCUT2D eigenvalue weighted by Crippen LogP contribution is 2.28. The third-order valence-electron chi connectivity index (χ3n) is 6.13. The summed E-state index contributed by atoms with van der Waals surface area (Å²) in [4.78, 5) is 27.9. The first-order valence-corrected chi connectivity index (χ1v) is 11.1. The Morgan fingerprint density at radius 1 is 1.06 bits per heavy atom. The molecule has 3 aromatic rings. The molecule has 0 unspecified atom stereocenters. The summed E-state index contributed by atoms with van der Waals surface area (Å²) >= 11 is 0. The molecule has 0 atom stereocenters. The molecule has 1 amide bonds. The van der Waals surface area contributed by atoms with E-state index in [2.05, 4.69) is 16.0 Å². The average molecular weight is 437 g/mol. The fourth-order valence-electron chi connectivity index (χ4n) is 4.35. The van der Waals surface area contributed by atoms with Crippen LogP contribution in [0.25, 0.3) is 16.9 Å². The Bertz CT molecular complexity index is 1120. The normalized spacial score (nSPS) is 17.8. The molecule has 0 spiro atoms. The number of amides is 1. The lowest BCUT2D eigenvalue weighted by molar-refractivity contribution is -0.130. The van der Waals surface area contributed by atoms with Gasteiger partial charge in [-0.25, -0.2) is 9.97 Å². The minimum absolute atomic E-state index is 0.137. The maximum atomic E-state index is 11.6. The van der Waals surface area contributed by atoms with Crippen LogP contribution in [0.5, 0.6) is 5.75 Å². The Morgan fingerprint density at radius 2 is 1.84 bits per heavy atom. The fraction of sp³-hybridized carbons (Fsp3) is 0.435. The predicted octanol–water partition coefficient (Wildman–Crippen LogP) is 1.60. The first-order valence-electron chi connectivity index (χ1n) is 11.1. The smallest absolute Gasteiger partial charge is 0.219 e. The highest BCUT2D eigenvalue weighted by Gasteiger charge is 2.22. The van der Waals surface area contributed by atoms with E-state index in [-0.39, 0.29) is 11.7 Å². The first-order chi connectivity index (χ1) is 15.6. The maximum absolute atomic E-state index is 11.6. The number of imidazole rings is 1. The lowest BCUT2D eigenvalue weighted by atomic mass is 10.1. The summed E-state index contributed by atoms with van der Waals surface area (Å²) in [7, 11) is 0. The van der Waals surface area contributed by atoms with E-state index in [1.54, 1.807) is 19.1 Å². The zero-order chi connectivity index (χ0) is 22.1. The molecule has 0 aliphatic carbocycles. The van der Waals surface area contributed by atoms with Crippen molar-refractivity contribution in [3.05, 3.63) is 42.4 Å². The molecule has 0 radical (unpaired) electrons. The molecule has 9 heteroatoms. The number of aromatic hydroxyl groups is 1. The summed E-state index contributed by atoms with van der Waals surface area (Å²) in [5.41, 5.74) is 3.45. The molecule has 2 saturated heterocycles. The van der Waals surface area contributed by atoms with Crippen LogP contribution >= 0.6 is 0 Å². The number of morpholine rings is 1.